The molecular weight excluding hydrogens is 348 g/mol. The molecule has 1 N–H and O–H groups in total. The number of nitrogens with one attached hydrogen (secondary N) is 1. The maximum atomic E-state index is 12.7. The highest BCUT2D eigenvalue weighted by molar-refractivity contribution is 6.33. The Balaban J connectivity index is 1.60. The van der Waals surface area contributed by atoms with Crippen LogP contribution in [0.3, 0.4) is 0 Å². The van der Waals surface area contributed by atoms with Gasteiger partial charge in [0.05, 0.1) is 16.5 Å². The van der Waals surface area contributed by atoms with E-state index in [-0.39, 0.29) is 17.7 Å². The van der Waals surface area contributed by atoms with Crippen LogP contribution < -0.4 is 5.32 Å². The summed E-state index contributed by atoms with van der Waals surface area (Å²) in [5.74, 6) is -0.282. The molecule has 2 aromatic rings. The lowest BCUT2D eigenvalue weighted by Gasteiger charge is -2.32. The first-order valence-electron chi connectivity index (χ1n) is 8.91. The third-order valence-electron chi connectivity index (χ3n) is 4.73. The Morgan fingerprint density at radius 1 is 1.19 bits per heavy atom. The van der Waals surface area contributed by atoms with Crippen molar-refractivity contribution < 1.29 is 9.59 Å². The fraction of sp³-hybridized carbons (Fsp3) is 0.333. The number of benzene rings is 2. The van der Waals surface area contributed by atoms with Gasteiger partial charge in [-0.25, -0.2) is 0 Å². The van der Waals surface area contributed by atoms with Crippen molar-refractivity contribution in [2.45, 2.75) is 26.3 Å². The van der Waals surface area contributed by atoms with Gasteiger partial charge in [-0.3, -0.25) is 9.59 Å². The first-order chi connectivity index (χ1) is 12.5. The molecule has 1 heterocycles. The second-order valence-corrected chi connectivity index (χ2v) is 7.18. The maximum absolute atomic E-state index is 12.7. The summed E-state index contributed by atoms with van der Waals surface area (Å²) < 4.78 is 0. The molecule has 0 spiro atoms. The minimum absolute atomic E-state index is 0.00293. The predicted molar refractivity (Wildman–Crippen MR) is 103 cm³/mol. The van der Waals surface area contributed by atoms with Crippen LogP contribution in [-0.4, -0.2) is 29.8 Å². The molecule has 1 aliphatic rings. The van der Waals surface area contributed by atoms with E-state index in [1.54, 1.807) is 29.2 Å². The first kappa shape index (κ1) is 18.5. The average molecular weight is 371 g/mol. The maximum Gasteiger partial charge on any atom is 0.255 e. The van der Waals surface area contributed by atoms with Crippen LogP contribution >= 0.6 is 11.6 Å². The number of hydrogen-bond acceptors (Lipinski definition) is 2. The summed E-state index contributed by atoms with van der Waals surface area (Å²) in [7, 11) is 0. The quantitative estimate of drug-likeness (QED) is 0.889. The number of aryl methyl sites for hydroxylation is 1. The van der Waals surface area contributed by atoms with Gasteiger partial charge >= 0.3 is 0 Å². The summed E-state index contributed by atoms with van der Waals surface area (Å²) in [5, 5.41) is 3.45. The molecule has 5 heteroatoms. The predicted octanol–water partition coefficient (Wildman–Crippen LogP) is 3.82. The molecule has 3 rings (SSSR count). The van der Waals surface area contributed by atoms with Crippen molar-refractivity contribution in [3.05, 3.63) is 70.2 Å². The molecule has 0 bridgehead atoms. The smallest absolute Gasteiger partial charge is 0.255 e. The summed E-state index contributed by atoms with van der Waals surface area (Å²) in [6.07, 6.45) is 1.62. The number of hydrogen-bond donors (Lipinski definition) is 1. The number of rotatable bonds is 4. The molecule has 0 aliphatic carbocycles. The number of carbonyl (C=O) groups is 2. The Bertz CT molecular complexity index is 806. The van der Waals surface area contributed by atoms with Crippen LogP contribution in [-0.2, 0) is 11.3 Å². The van der Waals surface area contributed by atoms with Crippen molar-refractivity contribution in [3.8, 4) is 0 Å². The van der Waals surface area contributed by atoms with Gasteiger partial charge in [0, 0.05) is 19.6 Å². The largest absolute Gasteiger partial charge is 0.352 e. The van der Waals surface area contributed by atoms with Gasteiger partial charge in [0.2, 0.25) is 5.91 Å². The van der Waals surface area contributed by atoms with E-state index in [9.17, 15) is 9.59 Å². The molecule has 2 amide bonds. The van der Waals surface area contributed by atoms with Crippen LogP contribution in [0.15, 0.2) is 48.5 Å². The lowest BCUT2D eigenvalue weighted by atomic mass is 9.96. The van der Waals surface area contributed by atoms with Crippen LogP contribution in [0.2, 0.25) is 5.02 Å². The van der Waals surface area contributed by atoms with Gasteiger partial charge in [0.1, 0.15) is 0 Å². The molecule has 0 saturated carbocycles. The summed E-state index contributed by atoms with van der Waals surface area (Å²) in [5.41, 5.74) is 2.75. The van der Waals surface area contributed by atoms with Gasteiger partial charge in [-0.2, -0.15) is 0 Å². The van der Waals surface area contributed by atoms with Crippen LogP contribution in [0.4, 0.5) is 0 Å². The minimum Gasteiger partial charge on any atom is -0.352 e. The zero-order valence-electron chi connectivity index (χ0n) is 14.9. The zero-order chi connectivity index (χ0) is 18.5. The number of likely N-dealkylation sites (tertiary alicyclic amines) is 1. The Hall–Kier alpha value is -2.33. The molecular formula is C21H23ClN2O2. The number of carbonyl (C=O) groups excluding carboxylic acids is 2. The van der Waals surface area contributed by atoms with Crippen molar-refractivity contribution in [1.82, 2.24) is 10.2 Å². The molecule has 136 valence electrons. The molecule has 0 radical (unpaired) electrons. The van der Waals surface area contributed by atoms with Gasteiger partial charge in [-0.05, 0) is 37.5 Å². The van der Waals surface area contributed by atoms with Gasteiger partial charge in [-0.15, -0.1) is 0 Å². The molecule has 2 aromatic carbocycles. The summed E-state index contributed by atoms with van der Waals surface area (Å²) in [4.78, 5) is 27.0. The van der Waals surface area contributed by atoms with Gasteiger partial charge < -0.3 is 10.2 Å². The molecule has 1 saturated heterocycles. The second kappa shape index (κ2) is 8.37. The Morgan fingerprint density at radius 2 is 2.00 bits per heavy atom. The Morgan fingerprint density at radius 3 is 2.77 bits per heavy atom. The highest BCUT2D eigenvalue weighted by atomic mass is 35.5. The summed E-state index contributed by atoms with van der Waals surface area (Å²) in [6, 6.07) is 15.1. The van der Waals surface area contributed by atoms with Crippen molar-refractivity contribution >= 4 is 23.4 Å². The number of piperidine rings is 1. The van der Waals surface area contributed by atoms with E-state index in [0.29, 0.717) is 30.2 Å². The van der Waals surface area contributed by atoms with Crippen molar-refractivity contribution in [2.75, 3.05) is 13.1 Å². The first-order valence-corrected chi connectivity index (χ1v) is 9.29. The summed E-state index contributed by atoms with van der Waals surface area (Å²) >= 11 is 6.14. The molecule has 1 atom stereocenters. The number of nitrogens with zero attached hydrogens (tertiary/aromatic N) is 1. The molecule has 0 aromatic heterocycles. The molecule has 1 fully saturated rings. The van der Waals surface area contributed by atoms with Crippen molar-refractivity contribution in [3.63, 3.8) is 0 Å². The fourth-order valence-electron chi connectivity index (χ4n) is 3.34. The average Bonchev–Trinajstić information content (AvgIpc) is 2.66. The van der Waals surface area contributed by atoms with E-state index >= 15 is 0 Å². The van der Waals surface area contributed by atoms with Crippen molar-refractivity contribution in [2.24, 2.45) is 5.92 Å². The highest BCUT2D eigenvalue weighted by Gasteiger charge is 2.29. The Kier molecular flexibility index (Phi) is 5.94. The third kappa shape index (κ3) is 4.44. The molecule has 0 unspecified atom stereocenters. The minimum atomic E-state index is -0.181. The fourth-order valence-corrected chi connectivity index (χ4v) is 3.55. The second-order valence-electron chi connectivity index (χ2n) is 6.78. The molecule has 1 aliphatic heterocycles. The lowest BCUT2D eigenvalue weighted by Crippen LogP contribution is -2.45. The topological polar surface area (TPSA) is 49.4 Å². The molecule has 26 heavy (non-hydrogen) atoms. The number of amides is 2. The molecule has 4 nitrogen and oxygen atoms in total. The Labute approximate surface area is 159 Å². The van der Waals surface area contributed by atoms with E-state index in [1.807, 2.05) is 25.1 Å². The van der Waals surface area contributed by atoms with E-state index in [4.69, 9.17) is 11.6 Å². The summed E-state index contributed by atoms with van der Waals surface area (Å²) in [6.45, 7) is 3.63. The number of halogens is 1. The normalized spacial score (nSPS) is 17.0. The van der Waals surface area contributed by atoms with Crippen LogP contribution in [0.5, 0.6) is 0 Å². The van der Waals surface area contributed by atoms with Gasteiger partial charge in [0.25, 0.3) is 5.91 Å². The highest BCUT2D eigenvalue weighted by Crippen LogP contribution is 2.22. The van der Waals surface area contributed by atoms with Gasteiger partial charge in [0.15, 0.2) is 0 Å². The van der Waals surface area contributed by atoms with Gasteiger partial charge in [-0.1, -0.05) is 53.6 Å². The monoisotopic (exact) mass is 370 g/mol. The van der Waals surface area contributed by atoms with E-state index in [2.05, 4.69) is 11.4 Å². The van der Waals surface area contributed by atoms with Crippen LogP contribution in [0.25, 0.3) is 0 Å². The van der Waals surface area contributed by atoms with E-state index in [1.165, 1.54) is 5.56 Å². The van der Waals surface area contributed by atoms with E-state index in [0.717, 1.165) is 18.4 Å². The van der Waals surface area contributed by atoms with Crippen LogP contribution in [0, 0.1) is 12.8 Å². The SMILES string of the molecule is Cc1cccc(CNC(=O)[C@@H]2CCCN(C(=O)c3ccccc3Cl)C2)c1. The standard InChI is InChI=1S/C21H23ClN2O2/c1-15-6-4-7-16(12-15)13-23-20(25)17-8-5-11-24(14-17)21(26)18-9-2-3-10-19(18)22/h2-4,6-7,9-10,12,17H,5,8,11,13-14H2,1H3,(H,23,25)/t17-/m1/s1. The lowest BCUT2D eigenvalue weighted by molar-refractivity contribution is -0.126. The van der Waals surface area contributed by atoms with Crippen molar-refractivity contribution in [1.29, 1.82) is 0 Å². The van der Waals surface area contributed by atoms with E-state index < -0.39 is 0 Å². The third-order valence-corrected chi connectivity index (χ3v) is 5.06. The zero-order valence-corrected chi connectivity index (χ0v) is 15.6. The van der Waals surface area contributed by atoms with Crippen LogP contribution in [0.1, 0.15) is 34.3 Å².